The number of carbonyl (C=O) groups is 1. The number of rotatable bonds is 6. The smallest absolute Gasteiger partial charge is 0.410 e. The molecule has 162 valence electrons. The van der Waals surface area contributed by atoms with Crippen LogP contribution in [0, 0.1) is 0 Å². The van der Waals surface area contributed by atoms with Crippen molar-refractivity contribution in [3.8, 4) is 5.75 Å². The fourth-order valence-electron chi connectivity index (χ4n) is 3.46. The first kappa shape index (κ1) is 22.1. The van der Waals surface area contributed by atoms with E-state index in [1.807, 2.05) is 18.0 Å². The van der Waals surface area contributed by atoms with E-state index in [0.717, 1.165) is 38.6 Å². The summed E-state index contributed by atoms with van der Waals surface area (Å²) in [4.78, 5) is 16.1. The van der Waals surface area contributed by atoms with Crippen LogP contribution in [0.15, 0.2) is 58.0 Å². The van der Waals surface area contributed by atoms with E-state index in [-0.39, 0.29) is 10.9 Å². The maximum absolute atomic E-state index is 12.9. The number of carbonyl (C=O) groups excluding carboxylic acids is 1. The molecule has 8 heteroatoms. The lowest BCUT2D eigenvalue weighted by Crippen LogP contribution is -2.39. The van der Waals surface area contributed by atoms with E-state index in [9.17, 15) is 13.2 Å². The maximum Gasteiger partial charge on any atom is 0.419 e. The Morgan fingerprint density at radius 2 is 2.00 bits per heavy atom. The van der Waals surface area contributed by atoms with Crippen LogP contribution in [0.2, 0.25) is 0 Å². The van der Waals surface area contributed by atoms with Gasteiger partial charge in [0.25, 0.3) is 10.0 Å². The molecule has 1 saturated heterocycles. The first-order chi connectivity index (χ1) is 14.4. The van der Waals surface area contributed by atoms with E-state index in [1.165, 1.54) is 11.1 Å². The largest absolute Gasteiger partial charge is 0.419 e. The summed E-state index contributed by atoms with van der Waals surface area (Å²) in [6, 6.07) is 8.49. The lowest BCUT2D eigenvalue weighted by Gasteiger charge is -2.29. The summed E-state index contributed by atoms with van der Waals surface area (Å²) in [5.41, 5.74) is 0. The van der Waals surface area contributed by atoms with Crippen LogP contribution >= 0.6 is 0 Å². The molecule has 2 heterocycles. The summed E-state index contributed by atoms with van der Waals surface area (Å²) in [6.07, 6.45) is 9.22. The van der Waals surface area contributed by atoms with Gasteiger partial charge in [0.15, 0.2) is 0 Å². The van der Waals surface area contributed by atoms with E-state index in [2.05, 4.69) is 11.3 Å². The second-order valence-electron chi connectivity index (χ2n) is 7.55. The molecule has 3 rings (SSSR count). The van der Waals surface area contributed by atoms with Crippen LogP contribution < -0.4 is 4.74 Å². The topological polar surface area (TPSA) is 79.3 Å². The number of para-hydroxylation sites is 1. The second-order valence-corrected chi connectivity index (χ2v) is 9.15. The summed E-state index contributed by atoms with van der Waals surface area (Å²) in [5, 5.41) is 0. The number of nitrogens with zero attached hydrogens (tertiary/aromatic N) is 3. The number of ether oxygens (including phenoxy) is 1. The Labute approximate surface area is 178 Å². The Hall–Kier alpha value is -2.61. The third-order valence-corrected chi connectivity index (χ3v) is 6.52. The van der Waals surface area contributed by atoms with Crippen molar-refractivity contribution in [3.63, 3.8) is 0 Å². The Bertz CT molecular complexity index is 938. The molecule has 0 bridgehead atoms. The third kappa shape index (κ3) is 5.50. The molecular formula is C22H29N3O4S. The van der Waals surface area contributed by atoms with E-state index in [1.54, 1.807) is 36.4 Å². The molecule has 30 heavy (non-hydrogen) atoms. The predicted octanol–water partition coefficient (Wildman–Crippen LogP) is 4.30. The molecule has 1 fully saturated rings. The van der Waals surface area contributed by atoms with Crippen molar-refractivity contribution in [2.45, 2.75) is 51.5 Å². The SMILES string of the molecule is CCCCC1C=CC(S(=O)(=O)/N=C2\CCCCN2C)=CN1C(=O)Oc1ccccc1. The van der Waals surface area contributed by atoms with Crippen LogP contribution in [0.1, 0.15) is 45.4 Å². The second kappa shape index (κ2) is 9.93. The van der Waals surface area contributed by atoms with Crippen molar-refractivity contribution < 1.29 is 17.9 Å². The molecule has 1 aromatic rings. The molecule has 0 radical (unpaired) electrons. The van der Waals surface area contributed by atoms with E-state index < -0.39 is 16.1 Å². The zero-order valence-electron chi connectivity index (χ0n) is 17.5. The van der Waals surface area contributed by atoms with Gasteiger partial charge in [-0.15, -0.1) is 4.40 Å². The number of hydrogen-bond acceptors (Lipinski definition) is 4. The van der Waals surface area contributed by atoms with Gasteiger partial charge in [-0.2, -0.15) is 8.42 Å². The highest BCUT2D eigenvalue weighted by Crippen LogP contribution is 2.25. The highest BCUT2D eigenvalue weighted by atomic mass is 32.2. The van der Waals surface area contributed by atoms with Gasteiger partial charge in [-0.1, -0.05) is 44.0 Å². The Morgan fingerprint density at radius 1 is 1.23 bits per heavy atom. The summed E-state index contributed by atoms with van der Waals surface area (Å²) in [5.74, 6) is 0.968. The van der Waals surface area contributed by atoms with Crippen LogP contribution in [-0.2, 0) is 10.0 Å². The van der Waals surface area contributed by atoms with Gasteiger partial charge in [-0.05, 0) is 37.5 Å². The number of allylic oxidation sites excluding steroid dienone is 1. The van der Waals surface area contributed by atoms with Gasteiger partial charge in [-0.25, -0.2) is 4.79 Å². The number of unbranched alkanes of at least 4 members (excludes halogenated alkanes) is 1. The molecule has 2 aliphatic rings. The number of hydrogen-bond donors (Lipinski definition) is 0. The van der Waals surface area contributed by atoms with E-state index in [0.29, 0.717) is 18.0 Å². The summed E-state index contributed by atoms with van der Waals surface area (Å²) in [7, 11) is -2.08. The van der Waals surface area contributed by atoms with Gasteiger partial charge in [0.2, 0.25) is 0 Å². The highest BCUT2D eigenvalue weighted by molar-refractivity contribution is 7.94. The Kier molecular flexibility index (Phi) is 7.31. The molecule has 1 aromatic carbocycles. The number of sulfonamides is 1. The van der Waals surface area contributed by atoms with Crippen LogP contribution in [0.3, 0.4) is 0 Å². The highest BCUT2D eigenvalue weighted by Gasteiger charge is 2.29. The van der Waals surface area contributed by atoms with Gasteiger partial charge in [0.05, 0.1) is 6.04 Å². The molecule has 1 amide bonds. The Balaban J connectivity index is 1.86. The average molecular weight is 432 g/mol. The van der Waals surface area contributed by atoms with Crippen molar-refractivity contribution in [1.82, 2.24) is 9.80 Å². The van der Waals surface area contributed by atoms with Crippen LogP contribution in [-0.4, -0.2) is 49.8 Å². The average Bonchev–Trinajstić information content (AvgIpc) is 2.74. The van der Waals surface area contributed by atoms with E-state index in [4.69, 9.17) is 4.74 Å². The number of piperidine rings is 1. The fraction of sp³-hybridized carbons (Fsp3) is 0.455. The Morgan fingerprint density at radius 3 is 2.70 bits per heavy atom. The molecule has 2 aliphatic heterocycles. The number of amides is 1. The minimum atomic E-state index is -3.93. The maximum atomic E-state index is 12.9. The molecule has 0 N–H and O–H groups in total. The van der Waals surface area contributed by atoms with E-state index >= 15 is 0 Å². The number of likely N-dealkylation sites (tertiary alicyclic amines) is 1. The number of benzene rings is 1. The van der Waals surface area contributed by atoms with Crippen LogP contribution in [0.5, 0.6) is 5.75 Å². The zero-order valence-corrected chi connectivity index (χ0v) is 18.3. The van der Waals surface area contributed by atoms with Gasteiger partial charge in [-0.3, -0.25) is 4.90 Å². The van der Waals surface area contributed by atoms with Gasteiger partial charge >= 0.3 is 6.09 Å². The summed E-state index contributed by atoms with van der Waals surface area (Å²) >= 11 is 0. The molecule has 1 atom stereocenters. The zero-order chi connectivity index (χ0) is 21.6. The minimum Gasteiger partial charge on any atom is -0.410 e. The van der Waals surface area contributed by atoms with Crippen molar-refractivity contribution in [1.29, 1.82) is 0 Å². The fourth-order valence-corrected chi connectivity index (χ4v) is 4.58. The van der Waals surface area contributed by atoms with Gasteiger partial charge in [0.1, 0.15) is 16.5 Å². The quantitative estimate of drug-likeness (QED) is 0.671. The molecule has 0 aromatic heterocycles. The summed E-state index contributed by atoms with van der Waals surface area (Å²) in [6.45, 7) is 2.86. The molecule has 7 nitrogen and oxygen atoms in total. The van der Waals surface area contributed by atoms with Crippen LogP contribution in [0.4, 0.5) is 4.79 Å². The van der Waals surface area contributed by atoms with Crippen molar-refractivity contribution >= 4 is 22.0 Å². The lowest BCUT2D eigenvalue weighted by atomic mass is 10.1. The van der Waals surface area contributed by atoms with Crippen molar-refractivity contribution in [2.75, 3.05) is 13.6 Å². The predicted molar refractivity (Wildman–Crippen MR) is 118 cm³/mol. The standard InChI is InChI=1S/C22H29N3O4S/c1-3-4-10-18-14-15-20(30(27,28)23-21-13-8-9-16-24(21)2)17-25(18)22(26)29-19-11-6-5-7-12-19/h5-7,11-12,14-15,17-18H,3-4,8-10,13,16H2,1-2H3/b23-21+. The normalized spacial score (nSPS) is 20.9. The monoisotopic (exact) mass is 431 g/mol. The molecular weight excluding hydrogens is 402 g/mol. The van der Waals surface area contributed by atoms with Gasteiger partial charge < -0.3 is 9.64 Å². The summed E-state index contributed by atoms with van der Waals surface area (Å²) < 4.78 is 35.4. The van der Waals surface area contributed by atoms with Crippen LogP contribution in [0.25, 0.3) is 0 Å². The van der Waals surface area contributed by atoms with Crippen molar-refractivity contribution in [2.24, 2.45) is 4.40 Å². The molecule has 0 saturated carbocycles. The first-order valence-electron chi connectivity index (χ1n) is 10.4. The first-order valence-corrected chi connectivity index (χ1v) is 11.8. The lowest BCUT2D eigenvalue weighted by molar-refractivity contribution is 0.159. The minimum absolute atomic E-state index is 0.00765. The molecule has 0 aliphatic carbocycles. The van der Waals surface area contributed by atoms with Crippen molar-refractivity contribution in [3.05, 3.63) is 53.6 Å². The molecule has 1 unspecified atom stereocenters. The number of amidine groups is 1. The van der Waals surface area contributed by atoms with Gasteiger partial charge in [0, 0.05) is 26.2 Å². The molecule has 0 spiro atoms. The third-order valence-electron chi connectivity index (χ3n) is 5.23.